The van der Waals surface area contributed by atoms with Gasteiger partial charge in [0.2, 0.25) is 10.0 Å². The van der Waals surface area contributed by atoms with Crippen molar-refractivity contribution in [2.45, 2.75) is 4.90 Å². The normalized spacial score (nSPS) is 15.5. The summed E-state index contributed by atoms with van der Waals surface area (Å²) in [6.07, 6.45) is 0. The molecule has 1 aliphatic rings. The van der Waals surface area contributed by atoms with Crippen LogP contribution in [0, 0.1) is 0 Å². The van der Waals surface area contributed by atoms with Crippen molar-refractivity contribution in [2.75, 3.05) is 33.3 Å². The maximum absolute atomic E-state index is 12.9. The number of rotatable bonds is 4. The van der Waals surface area contributed by atoms with Gasteiger partial charge in [0.05, 0.1) is 22.7 Å². The van der Waals surface area contributed by atoms with E-state index >= 15 is 0 Å². The van der Waals surface area contributed by atoms with Crippen LogP contribution in [0.1, 0.15) is 10.4 Å². The number of ether oxygens (including phenoxy) is 1. The highest BCUT2D eigenvalue weighted by molar-refractivity contribution is 7.89. The van der Waals surface area contributed by atoms with Gasteiger partial charge in [-0.25, -0.2) is 8.42 Å². The summed E-state index contributed by atoms with van der Waals surface area (Å²) in [5.41, 5.74) is 0.131. The van der Waals surface area contributed by atoms with E-state index in [0.29, 0.717) is 5.75 Å². The molecule has 0 unspecified atom stereocenters. The lowest BCUT2D eigenvalue weighted by Gasteiger charge is -2.34. The highest BCUT2D eigenvalue weighted by Crippen LogP contribution is 2.32. The minimum Gasteiger partial charge on any atom is -0.507 e. The summed E-state index contributed by atoms with van der Waals surface area (Å²) in [4.78, 5) is 14.0. The molecule has 28 heavy (non-hydrogen) atoms. The van der Waals surface area contributed by atoms with E-state index in [4.69, 9.17) is 27.9 Å². The van der Waals surface area contributed by atoms with Gasteiger partial charge in [0.25, 0.3) is 5.91 Å². The first-order chi connectivity index (χ1) is 13.3. The van der Waals surface area contributed by atoms with Crippen molar-refractivity contribution in [1.29, 1.82) is 0 Å². The molecule has 10 heteroatoms. The van der Waals surface area contributed by atoms with Gasteiger partial charge in [0, 0.05) is 32.2 Å². The summed E-state index contributed by atoms with van der Waals surface area (Å²) in [6.45, 7) is 0.524. The Balaban J connectivity index is 1.75. The number of hydrogen-bond donors (Lipinski definition) is 1. The van der Waals surface area contributed by atoms with Crippen molar-refractivity contribution in [2.24, 2.45) is 0 Å². The molecule has 2 aromatic rings. The number of benzene rings is 2. The molecule has 1 saturated heterocycles. The molecule has 0 radical (unpaired) electrons. The Hall–Kier alpha value is -2.00. The Kier molecular flexibility index (Phi) is 6.04. The van der Waals surface area contributed by atoms with Crippen LogP contribution in [0.3, 0.4) is 0 Å². The van der Waals surface area contributed by atoms with E-state index < -0.39 is 10.0 Å². The molecule has 150 valence electrons. The second-order valence-electron chi connectivity index (χ2n) is 6.13. The number of phenols is 1. The number of methoxy groups -OCH3 is 1. The van der Waals surface area contributed by atoms with Crippen LogP contribution in [0.5, 0.6) is 11.5 Å². The predicted molar refractivity (Wildman–Crippen MR) is 106 cm³/mol. The average Bonchev–Trinajstić information content (AvgIpc) is 2.67. The molecule has 0 spiro atoms. The number of piperazine rings is 1. The summed E-state index contributed by atoms with van der Waals surface area (Å²) in [5.74, 6) is -0.142. The number of carbonyl (C=O) groups is 1. The van der Waals surface area contributed by atoms with Crippen LogP contribution < -0.4 is 4.74 Å². The van der Waals surface area contributed by atoms with Gasteiger partial charge in [-0.2, -0.15) is 4.31 Å². The summed E-state index contributed by atoms with van der Waals surface area (Å²) in [6, 6.07) is 8.91. The Morgan fingerprint density at radius 2 is 1.68 bits per heavy atom. The van der Waals surface area contributed by atoms with E-state index in [0.717, 1.165) is 0 Å². The summed E-state index contributed by atoms with van der Waals surface area (Å²) in [5, 5.41) is 10.2. The molecule has 3 rings (SSSR count). The maximum Gasteiger partial charge on any atom is 0.257 e. The molecule has 0 aromatic heterocycles. The molecule has 7 nitrogen and oxygen atoms in total. The van der Waals surface area contributed by atoms with E-state index in [2.05, 4.69) is 0 Å². The Morgan fingerprint density at radius 3 is 2.21 bits per heavy atom. The summed E-state index contributed by atoms with van der Waals surface area (Å²) < 4.78 is 32.1. The number of phenolic OH excluding ortho intramolecular Hbond substituents is 1. The smallest absolute Gasteiger partial charge is 0.257 e. The molecule has 1 amide bonds. The van der Waals surface area contributed by atoms with Crippen LogP contribution in [0.4, 0.5) is 0 Å². The van der Waals surface area contributed by atoms with Gasteiger partial charge < -0.3 is 14.7 Å². The number of carbonyl (C=O) groups excluding carboxylic acids is 1. The zero-order valence-electron chi connectivity index (χ0n) is 14.9. The first-order valence-corrected chi connectivity index (χ1v) is 10.6. The third kappa shape index (κ3) is 3.91. The van der Waals surface area contributed by atoms with Crippen molar-refractivity contribution in [1.82, 2.24) is 9.21 Å². The molecule has 1 aliphatic heterocycles. The fourth-order valence-corrected chi connectivity index (χ4v) is 5.49. The molecule has 0 atom stereocenters. The average molecular weight is 445 g/mol. The van der Waals surface area contributed by atoms with Crippen LogP contribution in [-0.4, -0.2) is 61.9 Å². The summed E-state index contributed by atoms with van der Waals surface area (Å²) in [7, 11) is -2.43. The van der Waals surface area contributed by atoms with Crippen molar-refractivity contribution < 1.29 is 23.1 Å². The largest absolute Gasteiger partial charge is 0.507 e. The second kappa shape index (κ2) is 8.16. The highest BCUT2D eigenvalue weighted by atomic mass is 35.5. The number of halogens is 2. The second-order valence-corrected chi connectivity index (χ2v) is 8.82. The highest BCUT2D eigenvalue weighted by Gasteiger charge is 2.33. The van der Waals surface area contributed by atoms with Gasteiger partial charge in [-0.05, 0) is 24.3 Å². The van der Waals surface area contributed by atoms with Crippen LogP contribution in [0.25, 0.3) is 0 Å². The fourth-order valence-electron chi connectivity index (χ4n) is 2.98. The van der Waals surface area contributed by atoms with Crippen LogP contribution in [0.2, 0.25) is 10.0 Å². The van der Waals surface area contributed by atoms with E-state index in [-0.39, 0.29) is 58.3 Å². The number of nitrogens with zero attached hydrogens (tertiary/aromatic N) is 2. The number of hydrogen-bond acceptors (Lipinski definition) is 5. The van der Waals surface area contributed by atoms with E-state index in [1.165, 1.54) is 40.6 Å². The monoisotopic (exact) mass is 444 g/mol. The van der Waals surface area contributed by atoms with Crippen LogP contribution in [-0.2, 0) is 10.0 Å². The predicted octanol–water partition coefficient (Wildman–Crippen LogP) is 2.85. The lowest BCUT2D eigenvalue weighted by Crippen LogP contribution is -2.50. The first-order valence-electron chi connectivity index (χ1n) is 8.36. The first kappa shape index (κ1) is 20.7. The van der Waals surface area contributed by atoms with Gasteiger partial charge in [-0.15, -0.1) is 0 Å². The molecule has 0 bridgehead atoms. The molecule has 0 aliphatic carbocycles. The maximum atomic E-state index is 12.9. The van der Waals surface area contributed by atoms with Crippen molar-refractivity contribution in [3.05, 3.63) is 52.0 Å². The van der Waals surface area contributed by atoms with Gasteiger partial charge in [-0.1, -0.05) is 29.3 Å². The number of aromatic hydroxyl groups is 1. The van der Waals surface area contributed by atoms with Gasteiger partial charge in [0.15, 0.2) is 0 Å². The van der Waals surface area contributed by atoms with E-state index in [1.807, 2.05) is 0 Å². The van der Waals surface area contributed by atoms with Crippen molar-refractivity contribution in [3.8, 4) is 11.5 Å². The van der Waals surface area contributed by atoms with Crippen molar-refractivity contribution in [3.63, 3.8) is 0 Å². The lowest BCUT2D eigenvalue weighted by atomic mass is 10.1. The fraction of sp³-hybridized carbons (Fsp3) is 0.278. The third-order valence-corrected chi connectivity index (χ3v) is 7.33. The quantitative estimate of drug-likeness (QED) is 0.782. The standard InChI is InChI=1S/C18H18Cl2N2O5S/c1-27-12-5-6-13(16(23)11-12)18(24)21-7-9-22(10-8-21)28(25,26)17-14(19)3-2-4-15(17)20/h2-6,11,23H,7-10H2,1H3. The third-order valence-electron chi connectivity index (χ3n) is 4.48. The lowest BCUT2D eigenvalue weighted by molar-refractivity contribution is 0.0695. The van der Waals surface area contributed by atoms with Gasteiger partial charge >= 0.3 is 0 Å². The molecular formula is C18H18Cl2N2O5S. The Labute approximate surface area is 173 Å². The van der Waals surface area contributed by atoms with Gasteiger partial charge in [0.1, 0.15) is 16.4 Å². The molecule has 1 fully saturated rings. The molecule has 2 aromatic carbocycles. The van der Waals surface area contributed by atoms with Gasteiger partial charge in [-0.3, -0.25) is 4.79 Å². The minimum atomic E-state index is -3.89. The molecule has 1 N–H and O–H groups in total. The van der Waals surface area contributed by atoms with E-state index in [9.17, 15) is 18.3 Å². The zero-order chi connectivity index (χ0) is 20.5. The molecule has 0 saturated carbocycles. The van der Waals surface area contributed by atoms with Crippen LogP contribution in [0.15, 0.2) is 41.3 Å². The SMILES string of the molecule is COc1ccc(C(=O)N2CCN(S(=O)(=O)c3c(Cl)cccc3Cl)CC2)c(O)c1. The number of sulfonamides is 1. The Morgan fingerprint density at radius 1 is 1.07 bits per heavy atom. The molecular weight excluding hydrogens is 427 g/mol. The van der Waals surface area contributed by atoms with E-state index in [1.54, 1.807) is 12.1 Å². The zero-order valence-corrected chi connectivity index (χ0v) is 17.3. The summed E-state index contributed by atoms with van der Waals surface area (Å²) >= 11 is 12.1. The Bertz CT molecular complexity index is 985. The molecule has 1 heterocycles. The topological polar surface area (TPSA) is 87.2 Å². The number of amides is 1. The van der Waals surface area contributed by atoms with Crippen LogP contribution >= 0.6 is 23.2 Å². The minimum absolute atomic E-state index is 0.0501. The van der Waals surface area contributed by atoms with Crippen molar-refractivity contribution >= 4 is 39.1 Å².